The number of aromatic amines is 1. The summed E-state index contributed by atoms with van der Waals surface area (Å²) in [7, 11) is 0. The Hall–Kier alpha value is -4.88. The molecule has 0 fully saturated rings. The van der Waals surface area contributed by atoms with Crippen LogP contribution in [0.25, 0.3) is 10.9 Å². The molecule has 5 aromatic rings. The van der Waals surface area contributed by atoms with Crippen LogP contribution in [0.2, 0.25) is 0 Å². The molecule has 0 bridgehead atoms. The number of H-pyrrole nitrogens is 1. The van der Waals surface area contributed by atoms with Gasteiger partial charge in [-0.25, -0.2) is 0 Å². The van der Waals surface area contributed by atoms with E-state index >= 15 is 0 Å². The van der Waals surface area contributed by atoms with E-state index in [2.05, 4.69) is 10.3 Å². The van der Waals surface area contributed by atoms with Gasteiger partial charge in [0.1, 0.15) is 17.5 Å². The molecule has 0 spiro atoms. The van der Waals surface area contributed by atoms with Crippen molar-refractivity contribution in [3.05, 3.63) is 126 Å². The van der Waals surface area contributed by atoms with Crippen molar-refractivity contribution in [3.63, 3.8) is 0 Å². The molecule has 0 aliphatic carbocycles. The number of carbonyl (C=O) groups excluding carboxylic acids is 2. The van der Waals surface area contributed by atoms with E-state index in [1.807, 2.05) is 42.5 Å². The van der Waals surface area contributed by atoms with Gasteiger partial charge in [-0.1, -0.05) is 48.5 Å². The second-order valence-corrected chi connectivity index (χ2v) is 8.80. The maximum Gasteiger partial charge on any atom is 0.252 e. The van der Waals surface area contributed by atoms with Crippen LogP contribution >= 0.6 is 0 Å². The van der Waals surface area contributed by atoms with Crippen molar-refractivity contribution in [2.24, 2.45) is 0 Å². The molecule has 7 nitrogen and oxygen atoms in total. The van der Waals surface area contributed by atoms with Gasteiger partial charge in [0, 0.05) is 28.4 Å². The van der Waals surface area contributed by atoms with E-state index in [9.17, 15) is 9.59 Å². The molecule has 0 aliphatic heterocycles. The van der Waals surface area contributed by atoms with Crippen molar-refractivity contribution in [2.45, 2.75) is 12.6 Å². The number of benzene rings is 4. The van der Waals surface area contributed by atoms with Gasteiger partial charge >= 0.3 is 0 Å². The first-order valence-corrected chi connectivity index (χ1v) is 12.2. The van der Waals surface area contributed by atoms with Gasteiger partial charge in [-0.3, -0.25) is 9.59 Å². The number of ether oxygens (including phenoxy) is 2. The van der Waals surface area contributed by atoms with Gasteiger partial charge in [0.05, 0.1) is 18.8 Å². The average Bonchev–Trinajstić information content (AvgIpc) is 3.43. The molecule has 4 aromatic carbocycles. The summed E-state index contributed by atoms with van der Waals surface area (Å²) in [6.45, 7) is 0.288. The van der Waals surface area contributed by atoms with E-state index in [1.165, 1.54) is 0 Å². The van der Waals surface area contributed by atoms with Crippen molar-refractivity contribution in [3.8, 4) is 11.5 Å². The number of Topliss-reactive ketones (excluding diaryl/α,β-unsaturated/α-hetero) is 1. The summed E-state index contributed by atoms with van der Waals surface area (Å²) in [6.07, 6.45) is 1.78. The number of para-hydroxylation sites is 1. The Kier molecular flexibility index (Phi) is 7.47. The van der Waals surface area contributed by atoms with E-state index in [0.29, 0.717) is 34.9 Å². The molecule has 38 heavy (non-hydrogen) atoms. The Morgan fingerprint density at radius 1 is 0.816 bits per heavy atom. The number of rotatable bonds is 10. The number of anilines is 1. The number of fused-ring (bicyclic) bond motifs is 1. The standard InChI is InChI=1S/C31H27N3O4/c32-22-13-15-23(16-14-22)38-29-12-5-4-9-26(29)30(35)28(20-37-19-21-7-2-1-3-8-21)34-31(36)25-10-6-11-27-24(25)17-18-33-27/h1-18,28,33H,19-20,32H2,(H,34,36). The van der Waals surface area contributed by atoms with Crippen molar-refractivity contribution < 1.29 is 19.1 Å². The number of aromatic nitrogens is 1. The highest BCUT2D eigenvalue weighted by atomic mass is 16.5. The highest BCUT2D eigenvalue weighted by Crippen LogP contribution is 2.27. The predicted octanol–water partition coefficient (Wildman–Crippen LogP) is 5.74. The SMILES string of the molecule is Nc1ccc(Oc2ccccc2C(=O)C(COCc2ccccc2)NC(=O)c2cccc3[nH]ccc23)cc1. The van der Waals surface area contributed by atoms with Crippen LogP contribution < -0.4 is 15.8 Å². The number of hydrogen-bond acceptors (Lipinski definition) is 5. The molecular formula is C31H27N3O4. The van der Waals surface area contributed by atoms with Crippen LogP contribution in [0.3, 0.4) is 0 Å². The van der Waals surface area contributed by atoms with Crippen LogP contribution in [0.5, 0.6) is 11.5 Å². The lowest BCUT2D eigenvalue weighted by atomic mass is 10.0. The second-order valence-electron chi connectivity index (χ2n) is 8.80. The normalized spacial score (nSPS) is 11.7. The van der Waals surface area contributed by atoms with Gasteiger partial charge < -0.3 is 25.5 Å². The summed E-state index contributed by atoms with van der Waals surface area (Å²) < 4.78 is 11.9. The maximum absolute atomic E-state index is 13.8. The summed E-state index contributed by atoms with van der Waals surface area (Å²) in [5.74, 6) is 0.226. The fraction of sp³-hybridized carbons (Fsp3) is 0.0968. The van der Waals surface area contributed by atoms with Gasteiger partial charge in [-0.05, 0) is 60.2 Å². The Morgan fingerprint density at radius 3 is 2.37 bits per heavy atom. The molecule has 7 heteroatoms. The summed E-state index contributed by atoms with van der Waals surface area (Å²) in [6, 6.07) is 29.8. The molecule has 1 unspecified atom stereocenters. The van der Waals surface area contributed by atoms with Crippen LogP contribution in [0.4, 0.5) is 5.69 Å². The minimum absolute atomic E-state index is 0.0151. The van der Waals surface area contributed by atoms with Crippen molar-refractivity contribution in [1.82, 2.24) is 10.3 Å². The lowest BCUT2D eigenvalue weighted by Gasteiger charge is -2.20. The first-order chi connectivity index (χ1) is 18.6. The third-order valence-corrected chi connectivity index (χ3v) is 6.12. The first-order valence-electron chi connectivity index (χ1n) is 12.2. The van der Waals surface area contributed by atoms with Crippen LogP contribution in [-0.4, -0.2) is 29.3 Å². The van der Waals surface area contributed by atoms with Gasteiger partial charge in [-0.2, -0.15) is 0 Å². The van der Waals surface area contributed by atoms with E-state index in [-0.39, 0.29) is 18.3 Å². The van der Waals surface area contributed by atoms with E-state index in [0.717, 1.165) is 16.5 Å². The number of nitrogen functional groups attached to an aromatic ring is 1. The fourth-order valence-corrected chi connectivity index (χ4v) is 4.18. The third-order valence-electron chi connectivity index (χ3n) is 6.12. The molecule has 0 aliphatic rings. The summed E-state index contributed by atoms with van der Waals surface area (Å²) in [5.41, 5.74) is 8.99. The number of amides is 1. The van der Waals surface area contributed by atoms with Gasteiger partial charge in [0.2, 0.25) is 0 Å². The molecule has 1 amide bonds. The molecule has 0 radical (unpaired) electrons. The van der Waals surface area contributed by atoms with E-state index in [4.69, 9.17) is 15.2 Å². The lowest BCUT2D eigenvalue weighted by Crippen LogP contribution is -2.44. The smallest absolute Gasteiger partial charge is 0.252 e. The zero-order chi connectivity index (χ0) is 26.3. The Labute approximate surface area is 220 Å². The number of nitrogens with one attached hydrogen (secondary N) is 2. The van der Waals surface area contributed by atoms with Crippen molar-refractivity contribution in [1.29, 1.82) is 0 Å². The quantitative estimate of drug-likeness (QED) is 0.166. The van der Waals surface area contributed by atoms with Crippen molar-refractivity contribution >= 4 is 28.3 Å². The minimum atomic E-state index is -0.948. The first kappa shape index (κ1) is 24.8. The Balaban J connectivity index is 1.40. The Bertz CT molecular complexity index is 1540. The highest BCUT2D eigenvalue weighted by molar-refractivity contribution is 6.10. The maximum atomic E-state index is 13.8. The number of carbonyl (C=O) groups is 2. The van der Waals surface area contributed by atoms with Crippen LogP contribution in [-0.2, 0) is 11.3 Å². The monoisotopic (exact) mass is 505 g/mol. The molecule has 1 heterocycles. The second kappa shape index (κ2) is 11.5. The zero-order valence-corrected chi connectivity index (χ0v) is 20.6. The van der Waals surface area contributed by atoms with Gasteiger partial charge in [0.25, 0.3) is 5.91 Å². The lowest BCUT2D eigenvalue weighted by molar-refractivity contribution is 0.0671. The summed E-state index contributed by atoms with van der Waals surface area (Å²) in [4.78, 5) is 30.3. The Morgan fingerprint density at radius 2 is 1.55 bits per heavy atom. The molecule has 1 atom stereocenters. The topological polar surface area (TPSA) is 106 Å². The molecule has 0 saturated heterocycles. The van der Waals surface area contributed by atoms with Gasteiger partial charge in [-0.15, -0.1) is 0 Å². The van der Waals surface area contributed by atoms with Crippen LogP contribution in [0.1, 0.15) is 26.3 Å². The molecule has 4 N–H and O–H groups in total. The van der Waals surface area contributed by atoms with Crippen molar-refractivity contribution in [2.75, 3.05) is 12.3 Å². The van der Waals surface area contributed by atoms with Crippen LogP contribution in [0, 0.1) is 0 Å². The minimum Gasteiger partial charge on any atom is -0.457 e. The number of nitrogens with two attached hydrogens (primary N) is 1. The predicted molar refractivity (Wildman–Crippen MR) is 147 cm³/mol. The molecule has 190 valence electrons. The molecule has 5 rings (SSSR count). The van der Waals surface area contributed by atoms with E-state index < -0.39 is 6.04 Å². The molecule has 0 saturated carbocycles. The summed E-state index contributed by atoms with van der Waals surface area (Å²) in [5, 5.41) is 3.67. The summed E-state index contributed by atoms with van der Waals surface area (Å²) >= 11 is 0. The number of hydrogen-bond donors (Lipinski definition) is 3. The van der Waals surface area contributed by atoms with Crippen LogP contribution in [0.15, 0.2) is 109 Å². The average molecular weight is 506 g/mol. The van der Waals surface area contributed by atoms with E-state index in [1.54, 1.807) is 66.9 Å². The largest absolute Gasteiger partial charge is 0.457 e. The highest BCUT2D eigenvalue weighted by Gasteiger charge is 2.26. The zero-order valence-electron chi connectivity index (χ0n) is 20.6. The third kappa shape index (κ3) is 5.74. The van der Waals surface area contributed by atoms with Gasteiger partial charge in [0.15, 0.2) is 5.78 Å². The molecular weight excluding hydrogens is 478 g/mol. The fourth-order valence-electron chi connectivity index (χ4n) is 4.18. The molecule has 1 aromatic heterocycles. The number of ketones is 1.